The molecule has 0 saturated heterocycles. The summed E-state index contributed by atoms with van der Waals surface area (Å²) in [5.74, 6) is 0.647. The van der Waals surface area contributed by atoms with E-state index in [-0.39, 0.29) is 12.2 Å². The molecule has 3 aromatic rings. The standard InChI is InChI=1S/C18H19NO4S/c1-22-15-2-3-16-14(8-18(21)23-17(16)9-15)11-19(5-6-20)10-13-4-7-24-12-13/h2-4,7-9,12,20H,5-6,10-11H2,1H3. The van der Waals surface area contributed by atoms with Gasteiger partial charge >= 0.3 is 5.63 Å². The number of aliphatic hydroxyl groups is 1. The first-order valence-corrected chi connectivity index (χ1v) is 8.59. The number of methoxy groups -OCH3 is 1. The predicted octanol–water partition coefficient (Wildman–Crippen LogP) is 2.86. The summed E-state index contributed by atoms with van der Waals surface area (Å²) in [5.41, 5.74) is 2.21. The lowest BCUT2D eigenvalue weighted by molar-refractivity contribution is 0.185. The van der Waals surface area contributed by atoms with Crippen molar-refractivity contribution in [1.29, 1.82) is 0 Å². The third-order valence-electron chi connectivity index (χ3n) is 3.83. The topological polar surface area (TPSA) is 62.9 Å². The van der Waals surface area contributed by atoms with E-state index < -0.39 is 0 Å². The Kier molecular flexibility index (Phi) is 5.30. The van der Waals surface area contributed by atoms with Crippen molar-refractivity contribution >= 4 is 22.3 Å². The molecule has 0 amide bonds. The van der Waals surface area contributed by atoms with Gasteiger partial charge in [0, 0.05) is 37.2 Å². The number of benzene rings is 1. The third-order valence-corrected chi connectivity index (χ3v) is 4.57. The normalized spacial score (nSPS) is 11.3. The van der Waals surface area contributed by atoms with E-state index in [1.165, 1.54) is 11.6 Å². The number of hydrogen-bond acceptors (Lipinski definition) is 6. The Morgan fingerprint density at radius 3 is 2.83 bits per heavy atom. The van der Waals surface area contributed by atoms with Gasteiger partial charge in [-0.05, 0) is 40.1 Å². The average molecular weight is 345 g/mol. The first kappa shape index (κ1) is 16.7. The number of nitrogens with zero attached hydrogens (tertiary/aromatic N) is 1. The van der Waals surface area contributed by atoms with E-state index >= 15 is 0 Å². The number of thiophene rings is 1. The van der Waals surface area contributed by atoms with Crippen molar-refractivity contribution in [2.24, 2.45) is 0 Å². The SMILES string of the molecule is COc1ccc2c(CN(CCO)Cc3ccsc3)cc(=O)oc2c1. The van der Waals surface area contributed by atoms with Gasteiger partial charge in [0.2, 0.25) is 0 Å². The molecule has 0 spiro atoms. The summed E-state index contributed by atoms with van der Waals surface area (Å²) in [5, 5.41) is 14.3. The molecule has 0 radical (unpaired) electrons. The number of ether oxygens (including phenoxy) is 1. The molecule has 5 nitrogen and oxygen atoms in total. The Hall–Kier alpha value is -2.15. The molecule has 2 aromatic heterocycles. The van der Waals surface area contributed by atoms with Crippen molar-refractivity contribution in [3.05, 3.63) is 62.6 Å². The Morgan fingerprint density at radius 2 is 2.12 bits per heavy atom. The second kappa shape index (κ2) is 7.61. The van der Waals surface area contributed by atoms with Crippen LogP contribution in [0.4, 0.5) is 0 Å². The zero-order valence-electron chi connectivity index (χ0n) is 13.4. The van der Waals surface area contributed by atoms with Crippen LogP contribution in [0.3, 0.4) is 0 Å². The summed E-state index contributed by atoms with van der Waals surface area (Å²) < 4.78 is 10.5. The molecule has 1 aromatic carbocycles. The lowest BCUT2D eigenvalue weighted by Crippen LogP contribution is -2.26. The van der Waals surface area contributed by atoms with Crippen LogP contribution in [0, 0.1) is 0 Å². The van der Waals surface area contributed by atoms with Crippen LogP contribution < -0.4 is 10.4 Å². The molecule has 1 N–H and O–H groups in total. The van der Waals surface area contributed by atoms with Gasteiger partial charge in [0.15, 0.2) is 0 Å². The fourth-order valence-corrected chi connectivity index (χ4v) is 3.36. The van der Waals surface area contributed by atoms with Gasteiger partial charge in [0.25, 0.3) is 0 Å². The average Bonchev–Trinajstić information content (AvgIpc) is 3.07. The van der Waals surface area contributed by atoms with Crippen molar-refractivity contribution < 1.29 is 14.3 Å². The molecule has 126 valence electrons. The van der Waals surface area contributed by atoms with E-state index in [0.717, 1.165) is 17.5 Å². The van der Waals surface area contributed by atoms with Gasteiger partial charge in [0.1, 0.15) is 11.3 Å². The van der Waals surface area contributed by atoms with Gasteiger partial charge in [-0.15, -0.1) is 0 Å². The highest BCUT2D eigenvalue weighted by Gasteiger charge is 2.12. The lowest BCUT2D eigenvalue weighted by atomic mass is 10.1. The minimum atomic E-state index is -0.384. The predicted molar refractivity (Wildman–Crippen MR) is 94.6 cm³/mol. The lowest BCUT2D eigenvalue weighted by Gasteiger charge is -2.21. The second-order valence-corrected chi connectivity index (χ2v) is 6.30. The number of fused-ring (bicyclic) bond motifs is 1. The molecule has 0 aliphatic carbocycles. The van der Waals surface area contributed by atoms with Gasteiger partial charge < -0.3 is 14.3 Å². The van der Waals surface area contributed by atoms with Crippen LogP contribution in [0.2, 0.25) is 0 Å². The monoisotopic (exact) mass is 345 g/mol. The largest absolute Gasteiger partial charge is 0.497 e. The van der Waals surface area contributed by atoms with Gasteiger partial charge in [0.05, 0.1) is 13.7 Å². The van der Waals surface area contributed by atoms with Gasteiger partial charge in [-0.25, -0.2) is 4.79 Å². The minimum absolute atomic E-state index is 0.0668. The van der Waals surface area contributed by atoms with Crippen molar-refractivity contribution in [2.75, 3.05) is 20.3 Å². The third kappa shape index (κ3) is 3.84. The maximum Gasteiger partial charge on any atom is 0.336 e. The maximum atomic E-state index is 11.9. The molecule has 2 heterocycles. The summed E-state index contributed by atoms with van der Waals surface area (Å²) >= 11 is 1.65. The second-order valence-electron chi connectivity index (χ2n) is 5.52. The van der Waals surface area contributed by atoms with Crippen molar-refractivity contribution in [1.82, 2.24) is 4.90 Å². The van der Waals surface area contributed by atoms with Crippen LogP contribution in [0.5, 0.6) is 5.75 Å². The molecule has 0 unspecified atom stereocenters. The molecule has 0 aliphatic heterocycles. The van der Waals surface area contributed by atoms with E-state index in [0.29, 0.717) is 24.4 Å². The van der Waals surface area contributed by atoms with E-state index in [9.17, 15) is 9.90 Å². The summed E-state index contributed by atoms with van der Waals surface area (Å²) in [6.07, 6.45) is 0. The Bertz CT molecular complexity index is 857. The highest BCUT2D eigenvalue weighted by Crippen LogP contribution is 2.24. The number of rotatable bonds is 7. The van der Waals surface area contributed by atoms with Crippen LogP contribution in [0.1, 0.15) is 11.1 Å². The molecule has 0 fully saturated rings. The first-order valence-electron chi connectivity index (χ1n) is 7.64. The van der Waals surface area contributed by atoms with Gasteiger partial charge in [-0.2, -0.15) is 11.3 Å². The molecule has 0 aliphatic rings. The molecule has 3 rings (SSSR count). The molecular formula is C18H19NO4S. The highest BCUT2D eigenvalue weighted by atomic mass is 32.1. The number of hydrogen-bond donors (Lipinski definition) is 1. The van der Waals surface area contributed by atoms with E-state index in [1.807, 2.05) is 17.5 Å². The first-order chi connectivity index (χ1) is 11.7. The van der Waals surface area contributed by atoms with Crippen molar-refractivity contribution in [2.45, 2.75) is 13.1 Å². The highest BCUT2D eigenvalue weighted by molar-refractivity contribution is 7.07. The molecular weight excluding hydrogens is 326 g/mol. The summed E-state index contributed by atoms with van der Waals surface area (Å²) in [4.78, 5) is 14.0. The zero-order valence-corrected chi connectivity index (χ0v) is 14.2. The molecule has 6 heteroatoms. The molecule has 0 atom stereocenters. The van der Waals surface area contributed by atoms with E-state index in [2.05, 4.69) is 16.3 Å². The molecule has 24 heavy (non-hydrogen) atoms. The van der Waals surface area contributed by atoms with Crippen LogP contribution >= 0.6 is 11.3 Å². The summed E-state index contributed by atoms with van der Waals surface area (Å²) in [7, 11) is 1.58. The molecule has 0 saturated carbocycles. The van der Waals surface area contributed by atoms with Crippen LogP contribution in [-0.2, 0) is 13.1 Å². The fraction of sp³-hybridized carbons (Fsp3) is 0.278. The van der Waals surface area contributed by atoms with E-state index in [4.69, 9.17) is 9.15 Å². The van der Waals surface area contributed by atoms with Gasteiger partial charge in [-0.3, -0.25) is 4.90 Å². The van der Waals surface area contributed by atoms with Gasteiger partial charge in [-0.1, -0.05) is 0 Å². The Morgan fingerprint density at radius 1 is 1.25 bits per heavy atom. The van der Waals surface area contributed by atoms with E-state index in [1.54, 1.807) is 24.5 Å². The van der Waals surface area contributed by atoms with Crippen molar-refractivity contribution in [3.8, 4) is 5.75 Å². The Balaban J connectivity index is 1.93. The zero-order chi connectivity index (χ0) is 16.9. The fourth-order valence-electron chi connectivity index (χ4n) is 2.71. The molecule has 0 bridgehead atoms. The summed E-state index contributed by atoms with van der Waals surface area (Å²) in [6.45, 7) is 1.89. The van der Waals surface area contributed by atoms with Crippen LogP contribution in [-0.4, -0.2) is 30.3 Å². The smallest absolute Gasteiger partial charge is 0.336 e. The quantitative estimate of drug-likeness (QED) is 0.667. The number of aliphatic hydroxyl groups excluding tert-OH is 1. The minimum Gasteiger partial charge on any atom is -0.497 e. The summed E-state index contributed by atoms with van der Waals surface area (Å²) in [6, 6.07) is 9.05. The Labute approximate surface area is 143 Å². The van der Waals surface area contributed by atoms with Crippen LogP contribution in [0.25, 0.3) is 11.0 Å². The van der Waals surface area contributed by atoms with Crippen molar-refractivity contribution in [3.63, 3.8) is 0 Å². The maximum absolute atomic E-state index is 11.9. The van der Waals surface area contributed by atoms with Crippen LogP contribution in [0.15, 0.2) is 50.3 Å².